The first-order valence-electron chi connectivity index (χ1n) is 9.14. The topological polar surface area (TPSA) is 115 Å². The number of imidazole rings is 1. The van der Waals surface area contributed by atoms with Crippen LogP contribution in [0.25, 0.3) is 11.2 Å². The van der Waals surface area contributed by atoms with Crippen molar-refractivity contribution in [2.75, 3.05) is 19.0 Å². The van der Waals surface area contributed by atoms with E-state index in [4.69, 9.17) is 9.47 Å². The molecule has 0 bridgehead atoms. The van der Waals surface area contributed by atoms with E-state index in [-0.39, 0.29) is 6.61 Å². The third kappa shape index (κ3) is 3.05. The maximum Gasteiger partial charge on any atom is 0.167 e. The van der Waals surface area contributed by atoms with Gasteiger partial charge in [-0.1, -0.05) is 19.3 Å². The molecule has 142 valence electrons. The SMILES string of the molecule is CO[C@@H]1[C@@H](O)[C@H](CO)O[C@H]1n1cnc2c(NC3CCCCC3)ncnc21. The number of anilines is 1. The van der Waals surface area contributed by atoms with Crippen molar-refractivity contribution in [1.29, 1.82) is 0 Å². The van der Waals surface area contributed by atoms with Gasteiger partial charge in [0.1, 0.15) is 24.6 Å². The third-order valence-electron chi connectivity index (χ3n) is 5.34. The first kappa shape index (κ1) is 17.6. The Morgan fingerprint density at radius 2 is 2.08 bits per heavy atom. The van der Waals surface area contributed by atoms with Crippen molar-refractivity contribution >= 4 is 17.0 Å². The summed E-state index contributed by atoms with van der Waals surface area (Å²) in [5.41, 5.74) is 1.27. The van der Waals surface area contributed by atoms with Crippen LogP contribution in [0.3, 0.4) is 0 Å². The standard InChI is InChI=1S/C17H25N5O4/c1-25-14-13(24)11(7-23)26-17(14)22-9-20-12-15(18-8-19-16(12)22)21-10-5-3-2-4-6-10/h8-11,13-14,17,23-24H,2-7H2,1H3,(H,18,19,21)/t11-,13-,14+,17+/m0/s1. The first-order chi connectivity index (χ1) is 12.7. The van der Waals surface area contributed by atoms with E-state index in [2.05, 4.69) is 20.3 Å². The van der Waals surface area contributed by atoms with Gasteiger partial charge in [-0.3, -0.25) is 4.57 Å². The fraction of sp³-hybridized carbons (Fsp3) is 0.706. The van der Waals surface area contributed by atoms with Crippen LogP contribution >= 0.6 is 0 Å². The van der Waals surface area contributed by atoms with Crippen LogP contribution in [-0.4, -0.2) is 67.8 Å². The number of methoxy groups -OCH3 is 1. The van der Waals surface area contributed by atoms with E-state index < -0.39 is 24.5 Å². The summed E-state index contributed by atoms with van der Waals surface area (Å²) in [5, 5.41) is 23.2. The monoisotopic (exact) mass is 363 g/mol. The molecule has 3 heterocycles. The molecular weight excluding hydrogens is 338 g/mol. The van der Waals surface area contributed by atoms with Crippen molar-refractivity contribution in [2.24, 2.45) is 0 Å². The summed E-state index contributed by atoms with van der Waals surface area (Å²) >= 11 is 0. The number of nitrogens with one attached hydrogen (secondary N) is 1. The molecule has 0 amide bonds. The lowest BCUT2D eigenvalue weighted by molar-refractivity contribution is -0.0583. The van der Waals surface area contributed by atoms with Gasteiger partial charge in [-0.15, -0.1) is 0 Å². The number of hydrogen-bond acceptors (Lipinski definition) is 8. The smallest absolute Gasteiger partial charge is 0.167 e. The van der Waals surface area contributed by atoms with E-state index in [0.717, 1.165) is 12.8 Å². The summed E-state index contributed by atoms with van der Waals surface area (Å²) in [5.74, 6) is 0.715. The van der Waals surface area contributed by atoms with Crippen molar-refractivity contribution in [3.05, 3.63) is 12.7 Å². The highest BCUT2D eigenvalue weighted by Crippen LogP contribution is 2.34. The maximum absolute atomic E-state index is 10.3. The minimum atomic E-state index is -0.922. The average molecular weight is 363 g/mol. The van der Waals surface area contributed by atoms with Crippen LogP contribution in [-0.2, 0) is 9.47 Å². The minimum absolute atomic E-state index is 0.284. The van der Waals surface area contributed by atoms with Gasteiger partial charge in [0.25, 0.3) is 0 Å². The highest BCUT2D eigenvalue weighted by atomic mass is 16.6. The number of fused-ring (bicyclic) bond motifs is 1. The molecule has 0 aromatic carbocycles. The summed E-state index contributed by atoms with van der Waals surface area (Å²) < 4.78 is 12.9. The molecule has 2 aromatic rings. The molecule has 4 atom stereocenters. The van der Waals surface area contributed by atoms with E-state index in [1.807, 2.05) is 0 Å². The van der Waals surface area contributed by atoms with Gasteiger partial charge in [-0.05, 0) is 12.8 Å². The molecule has 3 N–H and O–H groups in total. The molecule has 0 unspecified atom stereocenters. The van der Waals surface area contributed by atoms with Crippen molar-refractivity contribution < 1.29 is 19.7 Å². The molecule has 2 aromatic heterocycles. The number of aliphatic hydroxyl groups excluding tert-OH is 2. The quantitative estimate of drug-likeness (QED) is 0.716. The Kier molecular flexibility index (Phi) is 5.03. The molecule has 4 rings (SSSR count). The number of aliphatic hydroxyl groups is 2. The number of rotatable bonds is 5. The van der Waals surface area contributed by atoms with E-state index in [0.29, 0.717) is 23.0 Å². The largest absolute Gasteiger partial charge is 0.394 e. The van der Waals surface area contributed by atoms with Gasteiger partial charge in [0.2, 0.25) is 0 Å². The molecule has 2 fully saturated rings. The van der Waals surface area contributed by atoms with Gasteiger partial charge in [-0.2, -0.15) is 0 Å². The zero-order chi connectivity index (χ0) is 18.1. The third-order valence-corrected chi connectivity index (χ3v) is 5.34. The Morgan fingerprint density at radius 3 is 2.81 bits per heavy atom. The van der Waals surface area contributed by atoms with Gasteiger partial charge >= 0.3 is 0 Å². The predicted molar refractivity (Wildman–Crippen MR) is 93.6 cm³/mol. The van der Waals surface area contributed by atoms with Crippen LogP contribution in [0.1, 0.15) is 38.3 Å². The van der Waals surface area contributed by atoms with Crippen LogP contribution in [0.2, 0.25) is 0 Å². The molecule has 1 saturated carbocycles. The molecule has 2 aliphatic rings. The molecule has 9 heteroatoms. The summed E-state index contributed by atoms with van der Waals surface area (Å²) in [6.45, 7) is -0.284. The lowest BCUT2D eigenvalue weighted by Gasteiger charge is -2.23. The van der Waals surface area contributed by atoms with E-state index in [1.165, 1.54) is 32.7 Å². The van der Waals surface area contributed by atoms with Gasteiger partial charge in [0.05, 0.1) is 12.9 Å². The zero-order valence-corrected chi connectivity index (χ0v) is 14.8. The van der Waals surface area contributed by atoms with Gasteiger partial charge in [0, 0.05) is 13.2 Å². The van der Waals surface area contributed by atoms with E-state index in [1.54, 1.807) is 10.9 Å². The molecule has 1 saturated heterocycles. The lowest BCUT2D eigenvalue weighted by Crippen LogP contribution is -2.34. The Hall–Kier alpha value is -1.81. The minimum Gasteiger partial charge on any atom is -0.394 e. The van der Waals surface area contributed by atoms with Crippen LogP contribution < -0.4 is 5.32 Å². The molecule has 9 nitrogen and oxygen atoms in total. The number of hydrogen-bond donors (Lipinski definition) is 3. The Morgan fingerprint density at radius 1 is 1.27 bits per heavy atom. The Labute approximate surface area is 151 Å². The van der Waals surface area contributed by atoms with E-state index >= 15 is 0 Å². The number of aromatic nitrogens is 4. The second kappa shape index (κ2) is 7.43. The van der Waals surface area contributed by atoms with Gasteiger partial charge in [0.15, 0.2) is 23.2 Å². The van der Waals surface area contributed by atoms with Crippen molar-refractivity contribution in [3.63, 3.8) is 0 Å². The zero-order valence-electron chi connectivity index (χ0n) is 14.8. The van der Waals surface area contributed by atoms with Crippen molar-refractivity contribution in [3.8, 4) is 0 Å². The molecule has 0 spiro atoms. The summed E-state index contributed by atoms with van der Waals surface area (Å²) in [7, 11) is 1.51. The second-order valence-electron chi connectivity index (χ2n) is 6.96. The van der Waals surface area contributed by atoms with Crippen LogP contribution in [0.4, 0.5) is 5.82 Å². The number of ether oxygens (including phenoxy) is 2. The molecule has 1 aliphatic heterocycles. The summed E-state index contributed by atoms with van der Waals surface area (Å²) in [6.07, 6.45) is 6.27. The highest BCUT2D eigenvalue weighted by molar-refractivity contribution is 5.82. The van der Waals surface area contributed by atoms with Crippen molar-refractivity contribution in [1.82, 2.24) is 19.5 Å². The van der Waals surface area contributed by atoms with Crippen LogP contribution in [0.5, 0.6) is 0 Å². The Balaban J connectivity index is 1.64. The Bertz CT molecular complexity index is 748. The summed E-state index contributed by atoms with van der Waals surface area (Å²) in [4.78, 5) is 13.2. The fourth-order valence-corrected chi connectivity index (χ4v) is 3.93. The van der Waals surface area contributed by atoms with Crippen LogP contribution in [0, 0.1) is 0 Å². The highest BCUT2D eigenvalue weighted by Gasteiger charge is 2.45. The fourth-order valence-electron chi connectivity index (χ4n) is 3.93. The predicted octanol–water partition coefficient (Wildman–Crippen LogP) is 0.836. The first-order valence-corrected chi connectivity index (χ1v) is 9.14. The molecular formula is C17H25N5O4. The summed E-state index contributed by atoms with van der Waals surface area (Å²) in [6, 6.07) is 0.405. The number of nitrogens with zero attached hydrogens (tertiary/aromatic N) is 4. The van der Waals surface area contributed by atoms with Gasteiger partial charge in [-0.25, -0.2) is 15.0 Å². The van der Waals surface area contributed by atoms with Gasteiger partial charge < -0.3 is 25.0 Å². The van der Waals surface area contributed by atoms with Crippen molar-refractivity contribution in [2.45, 2.75) is 62.7 Å². The molecule has 1 aliphatic carbocycles. The molecule has 0 radical (unpaired) electrons. The lowest BCUT2D eigenvalue weighted by atomic mass is 9.95. The van der Waals surface area contributed by atoms with Crippen LogP contribution in [0.15, 0.2) is 12.7 Å². The average Bonchev–Trinajstić information content (AvgIpc) is 3.23. The second-order valence-corrected chi connectivity index (χ2v) is 6.96. The maximum atomic E-state index is 10.3. The normalized spacial score (nSPS) is 30.1. The van der Waals surface area contributed by atoms with E-state index in [9.17, 15) is 10.2 Å². The molecule has 26 heavy (non-hydrogen) atoms.